The Hall–Kier alpha value is -4.48. The molecule has 3 fully saturated rings. The van der Waals surface area contributed by atoms with Crippen molar-refractivity contribution in [3.63, 3.8) is 0 Å². The first-order valence-corrected chi connectivity index (χ1v) is 15.1. The van der Waals surface area contributed by atoms with Crippen molar-refractivity contribution in [1.29, 1.82) is 0 Å². The first kappa shape index (κ1) is 28.6. The van der Waals surface area contributed by atoms with E-state index in [1.165, 1.54) is 6.26 Å². The van der Waals surface area contributed by atoms with E-state index in [0.29, 0.717) is 62.1 Å². The van der Waals surface area contributed by atoms with Gasteiger partial charge in [0, 0.05) is 75.5 Å². The Morgan fingerprint density at radius 1 is 0.977 bits per heavy atom. The minimum absolute atomic E-state index is 0.182. The number of nitrogens with one attached hydrogen (secondary N) is 2. The molecule has 0 radical (unpaired) electrons. The number of carbonyl (C=O) groups excluding carboxylic acids is 3. The standard InChI is InChI=1S/C31H38N8O4/c1-20-17-27(34-21(2)33-20)38-15-13-37(14-16-38)26-9-8-23(29(41)32-10-4-12-39-11-3-5-28(39)40)18-24(26)35-30(42)25-19-43-31(36-25)22-6-7-22/h8-9,17-19,22H,3-7,10-16H2,1-2H3,(H,32,41)(H,35,42). The van der Waals surface area contributed by atoms with Gasteiger partial charge in [-0.2, -0.15) is 0 Å². The molecule has 0 unspecified atom stereocenters. The van der Waals surface area contributed by atoms with E-state index in [9.17, 15) is 14.4 Å². The summed E-state index contributed by atoms with van der Waals surface area (Å²) in [5.41, 5.74) is 2.97. The first-order chi connectivity index (χ1) is 20.8. The molecule has 12 nitrogen and oxygen atoms in total. The highest BCUT2D eigenvalue weighted by Crippen LogP contribution is 2.39. The largest absolute Gasteiger partial charge is 0.448 e. The summed E-state index contributed by atoms with van der Waals surface area (Å²) in [6, 6.07) is 7.39. The molecule has 226 valence electrons. The molecule has 1 aromatic carbocycles. The van der Waals surface area contributed by atoms with E-state index in [0.717, 1.165) is 61.9 Å². The van der Waals surface area contributed by atoms with Crippen molar-refractivity contribution in [2.24, 2.45) is 0 Å². The van der Waals surface area contributed by atoms with E-state index in [-0.39, 0.29) is 23.4 Å². The Balaban J connectivity index is 1.15. The number of anilines is 3. The second kappa shape index (κ2) is 12.4. The minimum Gasteiger partial charge on any atom is -0.448 e. The Morgan fingerprint density at radius 2 is 1.77 bits per heavy atom. The zero-order valence-electron chi connectivity index (χ0n) is 24.8. The van der Waals surface area contributed by atoms with Crippen molar-refractivity contribution in [2.45, 2.75) is 51.9 Å². The molecule has 1 saturated carbocycles. The lowest BCUT2D eigenvalue weighted by molar-refractivity contribution is -0.127. The minimum atomic E-state index is -0.379. The highest BCUT2D eigenvalue weighted by Gasteiger charge is 2.30. The van der Waals surface area contributed by atoms with Gasteiger partial charge in [-0.1, -0.05) is 0 Å². The molecule has 0 atom stereocenters. The summed E-state index contributed by atoms with van der Waals surface area (Å²) in [6.45, 7) is 8.67. The second-order valence-electron chi connectivity index (χ2n) is 11.5. The van der Waals surface area contributed by atoms with E-state index in [4.69, 9.17) is 4.42 Å². The number of piperazine rings is 1. The zero-order chi connectivity index (χ0) is 29.9. The van der Waals surface area contributed by atoms with Gasteiger partial charge in [0.1, 0.15) is 17.9 Å². The Morgan fingerprint density at radius 3 is 2.49 bits per heavy atom. The van der Waals surface area contributed by atoms with Crippen molar-refractivity contribution >= 4 is 34.9 Å². The van der Waals surface area contributed by atoms with Crippen LogP contribution in [-0.2, 0) is 4.79 Å². The van der Waals surface area contributed by atoms with Crippen LogP contribution in [0.1, 0.15) is 76.3 Å². The molecule has 1 aliphatic carbocycles. The van der Waals surface area contributed by atoms with Crippen LogP contribution in [0.2, 0.25) is 0 Å². The summed E-state index contributed by atoms with van der Waals surface area (Å²) in [6.07, 6.45) is 5.64. The number of likely N-dealkylation sites (tertiary alicyclic amines) is 1. The molecule has 2 aliphatic heterocycles. The van der Waals surface area contributed by atoms with Gasteiger partial charge in [-0.15, -0.1) is 0 Å². The maximum atomic E-state index is 13.2. The lowest BCUT2D eigenvalue weighted by atomic mass is 10.1. The number of carbonyl (C=O) groups is 3. The Labute approximate surface area is 250 Å². The SMILES string of the molecule is Cc1cc(N2CCN(c3ccc(C(=O)NCCCN4CCCC4=O)cc3NC(=O)c3coc(C4CC4)n3)CC2)nc(C)n1. The van der Waals surface area contributed by atoms with Gasteiger partial charge in [0.25, 0.3) is 11.8 Å². The number of rotatable bonds is 10. The highest BCUT2D eigenvalue weighted by atomic mass is 16.3. The van der Waals surface area contributed by atoms with Gasteiger partial charge in [0.2, 0.25) is 5.91 Å². The first-order valence-electron chi connectivity index (χ1n) is 15.1. The molecule has 12 heteroatoms. The van der Waals surface area contributed by atoms with Crippen LogP contribution in [0.15, 0.2) is 34.9 Å². The quantitative estimate of drug-likeness (QED) is 0.343. The van der Waals surface area contributed by atoms with Gasteiger partial charge in [-0.25, -0.2) is 15.0 Å². The summed E-state index contributed by atoms with van der Waals surface area (Å²) in [7, 11) is 0. The Kier molecular flexibility index (Phi) is 8.26. The number of nitrogens with zero attached hydrogens (tertiary/aromatic N) is 6. The van der Waals surface area contributed by atoms with Gasteiger partial charge in [0.05, 0.1) is 11.4 Å². The molecule has 2 N–H and O–H groups in total. The van der Waals surface area contributed by atoms with E-state index in [1.807, 2.05) is 30.9 Å². The monoisotopic (exact) mass is 586 g/mol. The van der Waals surface area contributed by atoms with Crippen molar-refractivity contribution in [2.75, 3.05) is 60.9 Å². The third-order valence-corrected chi connectivity index (χ3v) is 8.15. The maximum Gasteiger partial charge on any atom is 0.277 e. The van der Waals surface area contributed by atoms with Gasteiger partial charge in [-0.05, 0) is 57.7 Å². The van der Waals surface area contributed by atoms with E-state index in [2.05, 4.69) is 35.4 Å². The smallest absolute Gasteiger partial charge is 0.277 e. The molecule has 0 bridgehead atoms. The molecule has 43 heavy (non-hydrogen) atoms. The van der Waals surface area contributed by atoms with Crippen LogP contribution in [0, 0.1) is 13.8 Å². The molecule has 2 saturated heterocycles. The number of aryl methyl sites for hydroxylation is 2. The van der Waals surface area contributed by atoms with Gasteiger partial charge >= 0.3 is 0 Å². The third kappa shape index (κ3) is 6.79. The summed E-state index contributed by atoms with van der Waals surface area (Å²) >= 11 is 0. The third-order valence-electron chi connectivity index (χ3n) is 8.15. The molecule has 3 amide bonds. The number of benzene rings is 1. The fourth-order valence-electron chi connectivity index (χ4n) is 5.70. The summed E-state index contributed by atoms with van der Waals surface area (Å²) < 4.78 is 5.54. The molecule has 4 heterocycles. The average molecular weight is 587 g/mol. The molecular formula is C31H38N8O4. The number of amides is 3. The van der Waals surface area contributed by atoms with Gasteiger partial charge < -0.3 is 29.8 Å². The van der Waals surface area contributed by atoms with Crippen LogP contribution in [0.5, 0.6) is 0 Å². The van der Waals surface area contributed by atoms with E-state index in [1.54, 1.807) is 12.1 Å². The zero-order valence-corrected chi connectivity index (χ0v) is 24.8. The second-order valence-corrected chi connectivity index (χ2v) is 11.5. The summed E-state index contributed by atoms with van der Waals surface area (Å²) in [5.74, 6) is 2.13. The lowest BCUT2D eigenvalue weighted by Crippen LogP contribution is -2.47. The van der Waals surface area contributed by atoms with E-state index < -0.39 is 0 Å². The van der Waals surface area contributed by atoms with Crippen molar-refractivity contribution in [3.05, 3.63) is 59.2 Å². The molecule has 3 aromatic rings. The predicted molar refractivity (Wildman–Crippen MR) is 162 cm³/mol. The number of oxazole rings is 1. The molecule has 6 rings (SSSR count). The fourth-order valence-corrected chi connectivity index (χ4v) is 5.70. The fraction of sp³-hybridized carbons (Fsp3) is 0.484. The van der Waals surface area contributed by atoms with Crippen LogP contribution in [-0.4, -0.2) is 83.4 Å². The predicted octanol–water partition coefficient (Wildman–Crippen LogP) is 3.28. The number of aromatic nitrogens is 3. The van der Waals surface area contributed by atoms with Crippen LogP contribution in [0.25, 0.3) is 0 Å². The van der Waals surface area contributed by atoms with Crippen LogP contribution in [0.3, 0.4) is 0 Å². The lowest BCUT2D eigenvalue weighted by Gasteiger charge is -2.37. The van der Waals surface area contributed by atoms with E-state index >= 15 is 0 Å². The molecular weight excluding hydrogens is 548 g/mol. The summed E-state index contributed by atoms with van der Waals surface area (Å²) in [5, 5.41) is 5.95. The number of hydrogen-bond donors (Lipinski definition) is 2. The molecule has 2 aromatic heterocycles. The Bertz CT molecular complexity index is 1490. The van der Waals surface area contributed by atoms with Crippen molar-refractivity contribution in [1.82, 2.24) is 25.2 Å². The van der Waals surface area contributed by atoms with Crippen molar-refractivity contribution < 1.29 is 18.8 Å². The molecule has 0 spiro atoms. The van der Waals surface area contributed by atoms with Crippen molar-refractivity contribution in [3.8, 4) is 0 Å². The average Bonchev–Trinajstić information content (AvgIpc) is 3.58. The molecule has 3 aliphatic rings. The maximum absolute atomic E-state index is 13.2. The van der Waals surface area contributed by atoms with Gasteiger partial charge in [-0.3, -0.25) is 14.4 Å². The normalized spacial score (nSPS) is 17.0. The van der Waals surface area contributed by atoms with Gasteiger partial charge in [0.15, 0.2) is 11.6 Å². The summed E-state index contributed by atoms with van der Waals surface area (Å²) in [4.78, 5) is 57.9. The highest BCUT2D eigenvalue weighted by molar-refractivity contribution is 6.06. The van der Waals surface area contributed by atoms with Crippen LogP contribution >= 0.6 is 0 Å². The van der Waals surface area contributed by atoms with Crippen LogP contribution < -0.4 is 20.4 Å². The topological polar surface area (TPSA) is 137 Å². The van der Waals surface area contributed by atoms with Crippen LogP contribution in [0.4, 0.5) is 17.2 Å². The number of hydrogen-bond acceptors (Lipinski definition) is 9.